The Labute approximate surface area is 153 Å². The Hall–Kier alpha value is -2.83. The van der Waals surface area contributed by atoms with Gasteiger partial charge < -0.3 is 9.47 Å². The van der Waals surface area contributed by atoms with Crippen molar-refractivity contribution in [2.45, 2.75) is 45.7 Å². The summed E-state index contributed by atoms with van der Waals surface area (Å²) in [6, 6.07) is 4.25. The van der Waals surface area contributed by atoms with Crippen molar-refractivity contribution in [3.8, 4) is 11.4 Å². The van der Waals surface area contributed by atoms with E-state index < -0.39 is 0 Å². The predicted molar refractivity (Wildman–Crippen MR) is 99.8 cm³/mol. The van der Waals surface area contributed by atoms with Gasteiger partial charge in [0.15, 0.2) is 11.6 Å². The Morgan fingerprint density at radius 1 is 1.23 bits per heavy atom. The largest absolute Gasteiger partial charge is 0.352 e. The third kappa shape index (κ3) is 3.05. The molecule has 7 nitrogen and oxygen atoms in total. The Morgan fingerprint density at radius 2 is 2.12 bits per heavy atom. The van der Waals surface area contributed by atoms with Crippen LogP contribution in [0.2, 0.25) is 0 Å². The lowest BCUT2D eigenvalue weighted by Crippen LogP contribution is -2.23. The van der Waals surface area contributed by atoms with E-state index in [1.807, 2.05) is 18.3 Å². The van der Waals surface area contributed by atoms with Crippen molar-refractivity contribution in [1.82, 2.24) is 29.7 Å². The fraction of sp³-hybridized carbons (Fsp3) is 0.421. The zero-order chi connectivity index (χ0) is 18.1. The summed E-state index contributed by atoms with van der Waals surface area (Å²) in [6.45, 7) is 4.93. The number of nitrogens with zero attached hydrogens (tertiary/aromatic N) is 7. The quantitative estimate of drug-likeness (QED) is 0.705. The lowest BCUT2D eigenvalue weighted by Gasteiger charge is -2.22. The first-order chi connectivity index (χ1) is 12.6. The minimum Gasteiger partial charge on any atom is -0.352 e. The SMILES string of the molecule is CC(C)n1cnnc1CN(C)c1nc(-c2cccnc2)nc2c1CCC2. The molecule has 3 heterocycles. The third-order valence-corrected chi connectivity index (χ3v) is 4.77. The van der Waals surface area contributed by atoms with Gasteiger partial charge in [0.05, 0.1) is 6.54 Å². The maximum atomic E-state index is 4.89. The van der Waals surface area contributed by atoms with Crippen LogP contribution in [-0.2, 0) is 19.4 Å². The summed E-state index contributed by atoms with van der Waals surface area (Å²) in [6.07, 6.45) is 8.54. The molecule has 0 aliphatic heterocycles. The molecule has 1 aliphatic rings. The number of fused-ring (bicyclic) bond motifs is 1. The van der Waals surface area contributed by atoms with Gasteiger partial charge in [-0.3, -0.25) is 4.98 Å². The summed E-state index contributed by atoms with van der Waals surface area (Å²) >= 11 is 0. The number of aromatic nitrogens is 6. The highest BCUT2D eigenvalue weighted by Crippen LogP contribution is 2.31. The molecule has 26 heavy (non-hydrogen) atoms. The second kappa shape index (κ2) is 6.82. The minimum absolute atomic E-state index is 0.329. The van der Waals surface area contributed by atoms with Gasteiger partial charge in [-0.25, -0.2) is 9.97 Å². The molecule has 0 radical (unpaired) electrons. The van der Waals surface area contributed by atoms with Crippen molar-refractivity contribution < 1.29 is 0 Å². The van der Waals surface area contributed by atoms with Crippen molar-refractivity contribution in [2.24, 2.45) is 0 Å². The molecule has 0 unspecified atom stereocenters. The van der Waals surface area contributed by atoms with Crippen molar-refractivity contribution in [3.05, 3.63) is 47.9 Å². The molecule has 0 aromatic carbocycles. The van der Waals surface area contributed by atoms with Crippen LogP contribution in [0.15, 0.2) is 30.9 Å². The van der Waals surface area contributed by atoms with E-state index in [0.717, 1.165) is 48.0 Å². The predicted octanol–water partition coefficient (Wildman–Crippen LogP) is 2.84. The number of pyridine rings is 1. The van der Waals surface area contributed by atoms with Crippen LogP contribution in [0.4, 0.5) is 5.82 Å². The minimum atomic E-state index is 0.329. The summed E-state index contributed by atoms with van der Waals surface area (Å²) in [4.78, 5) is 16.1. The average Bonchev–Trinajstić information content (AvgIpc) is 3.30. The Balaban J connectivity index is 1.71. The van der Waals surface area contributed by atoms with Crippen molar-refractivity contribution in [2.75, 3.05) is 11.9 Å². The van der Waals surface area contributed by atoms with Crippen LogP contribution in [0.25, 0.3) is 11.4 Å². The number of hydrogen-bond acceptors (Lipinski definition) is 6. The average molecular weight is 349 g/mol. The molecular formula is C19H23N7. The van der Waals surface area contributed by atoms with E-state index in [-0.39, 0.29) is 0 Å². The summed E-state index contributed by atoms with van der Waals surface area (Å²) in [5, 5.41) is 8.37. The molecule has 4 rings (SSSR count). The van der Waals surface area contributed by atoms with Gasteiger partial charge in [0, 0.05) is 42.3 Å². The Morgan fingerprint density at radius 3 is 2.88 bits per heavy atom. The van der Waals surface area contributed by atoms with Crippen molar-refractivity contribution >= 4 is 5.82 Å². The van der Waals surface area contributed by atoms with E-state index in [1.54, 1.807) is 12.5 Å². The molecule has 1 aliphatic carbocycles. The molecule has 0 spiro atoms. The third-order valence-electron chi connectivity index (χ3n) is 4.77. The van der Waals surface area contributed by atoms with Crippen LogP contribution < -0.4 is 4.90 Å². The first-order valence-corrected chi connectivity index (χ1v) is 9.03. The molecular weight excluding hydrogens is 326 g/mol. The topological polar surface area (TPSA) is 72.6 Å². The van der Waals surface area contributed by atoms with E-state index in [1.165, 1.54) is 5.56 Å². The first-order valence-electron chi connectivity index (χ1n) is 9.03. The normalized spacial score (nSPS) is 13.2. The number of hydrogen-bond donors (Lipinski definition) is 0. The maximum absolute atomic E-state index is 4.89. The maximum Gasteiger partial charge on any atom is 0.163 e. The second-order valence-corrected chi connectivity index (χ2v) is 7.00. The number of rotatable bonds is 5. The zero-order valence-corrected chi connectivity index (χ0v) is 15.4. The van der Waals surface area contributed by atoms with Gasteiger partial charge in [0.2, 0.25) is 0 Å². The molecule has 0 N–H and O–H groups in total. The fourth-order valence-corrected chi connectivity index (χ4v) is 3.45. The summed E-state index contributed by atoms with van der Waals surface area (Å²) in [5.41, 5.74) is 3.36. The highest BCUT2D eigenvalue weighted by Gasteiger charge is 2.23. The standard InChI is InChI=1S/C19H23N7/c1-13(2)26-12-21-24-17(26)11-25(3)19-15-7-4-8-16(15)22-18(23-19)14-6-5-9-20-10-14/h5-6,9-10,12-13H,4,7-8,11H2,1-3H3. The number of aryl methyl sites for hydroxylation is 1. The van der Waals surface area contributed by atoms with Crippen LogP contribution in [0.1, 0.15) is 43.4 Å². The van der Waals surface area contributed by atoms with Gasteiger partial charge in [-0.2, -0.15) is 0 Å². The van der Waals surface area contributed by atoms with E-state index in [0.29, 0.717) is 12.6 Å². The van der Waals surface area contributed by atoms with Crippen molar-refractivity contribution in [1.29, 1.82) is 0 Å². The molecule has 3 aromatic heterocycles. The van der Waals surface area contributed by atoms with Gasteiger partial charge in [-0.1, -0.05) is 0 Å². The van der Waals surface area contributed by atoms with E-state index in [2.05, 4.69) is 45.5 Å². The van der Waals surface area contributed by atoms with E-state index in [9.17, 15) is 0 Å². The van der Waals surface area contributed by atoms with Gasteiger partial charge in [-0.15, -0.1) is 10.2 Å². The summed E-state index contributed by atoms with van der Waals surface area (Å²) in [7, 11) is 2.06. The van der Waals surface area contributed by atoms with Crippen LogP contribution in [-0.4, -0.2) is 36.8 Å². The molecule has 0 saturated carbocycles. The zero-order valence-electron chi connectivity index (χ0n) is 15.4. The highest BCUT2D eigenvalue weighted by atomic mass is 15.3. The van der Waals surface area contributed by atoms with Crippen LogP contribution in [0, 0.1) is 0 Å². The monoisotopic (exact) mass is 349 g/mol. The van der Waals surface area contributed by atoms with Crippen molar-refractivity contribution in [3.63, 3.8) is 0 Å². The smallest absolute Gasteiger partial charge is 0.163 e. The van der Waals surface area contributed by atoms with Gasteiger partial charge >= 0.3 is 0 Å². The summed E-state index contributed by atoms with van der Waals surface area (Å²) < 4.78 is 2.10. The molecule has 0 fully saturated rings. The number of anilines is 1. The molecule has 3 aromatic rings. The van der Waals surface area contributed by atoms with Crippen LogP contribution in [0.3, 0.4) is 0 Å². The van der Waals surface area contributed by atoms with Crippen LogP contribution >= 0.6 is 0 Å². The van der Waals surface area contributed by atoms with E-state index >= 15 is 0 Å². The van der Waals surface area contributed by atoms with E-state index in [4.69, 9.17) is 9.97 Å². The van der Waals surface area contributed by atoms with Crippen LogP contribution in [0.5, 0.6) is 0 Å². The lowest BCUT2D eigenvalue weighted by molar-refractivity contribution is 0.564. The van der Waals surface area contributed by atoms with Gasteiger partial charge in [0.1, 0.15) is 12.1 Å². The summed E-state index contributed by atoms with van der Waals surface area (Å²) in [5.74, 6) is 2.67. The second-order valence-electron chi connectivity index (χ2n) is 7.00. The molecule has 7 heteroatoms. The first kappa shape index (κ1) is 16.6. The Kier molecular flexibility index (Phi) is 4.36. The lowest BCUT2D eigenvalue weighted by atomic mass is 10.2. The molecule has 0 saturated heterocycles. The highest BCUT2D eigenvalue weighted by molar-refractivity contribution is 5.60. The van der Waals surface area contributed by atoms with Gasteiger partial charge in [-0.05, 0) is 45.2 Å². The Bertz CT molecular complexity index is 902. The molecule has 0 atom stereocenters. The van der Waals surface area contributed by atoms with Gasteiger partial charge in [0.25, 0.3) is 0 Å². The fourth-order valence-electron chi connectivity index (χ4n) is 3.45. The molecule has 0 bridgehead atoms. The molecule has 0 amide bonds. The molecule has 134 valence electrons.